The summed E-state index contributed by atoms with van der Waals surface area (Å²) in [5.74, 6) is 0.771. The van der Waals surface area contributed by atoms with Gasteiger partial charge < -0.3 is 4.74 Å². The second-order valence-electron chi connectivity index (χ2n) is 6.71. The van der Waals surface area contributed by atoms with E-state index in [2.05, 4.69) is 35.3 Å². The first kappa shape index (κ1) is 18.7. The molecule has 4 heterocycles. The number of hydrogen-bond donors (Lipinski definition) is 0. The average Bonchev–Trinajstić information content (AvgIpc) is 3.37. The van der Waals surface area contributed by atoms with E-state index >= 15 is 0 Å². The first-order valence-electron chi connectivity index (χ1n) is 9.36. The average molecular weight is 417 g/mol. The van der Waals surface area contributed by atoms with Crippen LogP contribution in [0.5, 0.6) is 5.88 Å². The van der Waals surface area contributed by atoms with Crippen molar-refractivity contribution < 1.29 is 9.13 Å². The molecule has 0 unspecified atom stereocenters. The normalized spacial score (nSPS) is 11.2. The van der Waals surface area contributed by atoms with Crippen LogP contribution in [-0.2, 0) is 13.7 Å². The van der Waals surface area contributed by atoms with Gasteiger partial charge in [0.05, 0.1) is 17.5 Å². The molecular formula is C20H16FN9O. The minimum absolute atomic E-state index is 0.0994. The van der Waals surface area contributed by atoms with Crippen LogP contribution in [0.25, 0.3) is 28.2 Å². The van der Waals surface area contributed by atoms with E-state index in [9.17, 15) is 4.39 Å². The Morgan fingerprint density at radius 1 is 1.10 bits per heavy atom. The van der Waals surface area contributed by atoms with E-state index in [1.165, 1.54) is 12.4 Å². The fourth-order valence-corrected chi connectivity index (χ4v) is 3.26. The minimum atomic E-state index is -0.404. The summed E-state index contributed by atoms with van der Waals surface area (Å²) in [6.45, 7) is 1.88. The van der Waals surface area contributed by atoms with Crippen molar-refractivity contribution in [3.8, 4) is 28.5 Å². The van der Waals surface area contributed by atoms with Gasteiger partial charge in [0.2, 0.25) is 11.7 Å². The lowest BCUT2D eigenvalue weighted by Crippen LogP contribution is -2.05. The van der Waals surface area contributed by atoms with E-state index in [4.69, 9.17) is 4.74 Å². The van der Waals surface area contributed by atoms with Gasteiger partial charge >= 0.3 is 0 Å². The quantitative estimate of drug-likeness (QED) is 0.429. The third-order valence-corrected chi connectivity index (χ3v) is 4.77. The summed E-state index contributed by atoms with van der Waals surface area (Å²) in [6, 6.07) is 6.44. The van der Waals surface area contributed by atoms with Gasteiger partial charge in [-0.2, -0.15) is 10.2 Å². The number of aromatic nitrogens is 9. The molecule has 5 aromatic rings. The highest BCUT2D eigenvalue weighted by Crippen LogP contribution is 2.37. The van der Waals surface area contributed by atoms with Crippen LogP contribution in [0.15, 0.2) is 49.2 Å². The monoisotopic (exact) mass is 417 g/mol. The van der Waals surface area contributed by atoms with Gasteiger partial charge in [-0.1, -0.05) is 18.2 Å². The molecule has 0 atom stereocenters. The molecule has 31 heavy (non-hydrogen) atoms. The van der Waals surface area contributed by atoms with Gasteiger partial charge in [-0.05, 0) is 13.0 Å². The van der Waals surface area contributed by atoms with Crippen LogP contribution in [-0.4, -0.2) is 44.5 Å². The molecule has 5 rings (SSSR count). The maximum atomic E-state index is 14.8. The Hall–Kier alpha value is -4.28. The molecule has 0 saturated carbocycles. The summed E-state index contributed by atoms with van der Waals surface area (Å²) in [5.41, 5.74) is 2.41. The standard InChI is InChI=1S/C20H16FN9O/c1-12-18-17(13-5-3-4-6-14(13)21)20(31-10-16-24-11-25-29(16)2)28-30(18)19(27-26-12)15-9-22-7-8-23-15/h3-9,11H,10H2,1-2H3. The molecule has 1 aromatic carbocycles. The van der Waals surface area contributed by atoms with Crippen molar-refractivity contribution in [2.75, 3.05) is 0 Å². The van der Waals surface area contributed by atoms with Gasteiger partial charge in [-0.15, -0.1) is 10.2 Å². The Labute approximate surface area is 175 Å². The van der Waals surface area contributed by atoms with E-state index in [1.54, 1.807) is 60.0 Å². The molecule has 10 nitrogen and oxygen atoms in total. The largest absolute Gasteiger partial charge is 0.468 e. The van der Waals surface area contributed by atoms with Crippen LogP contribution in [0.2, 0.25) is 0 Å². The third-order valence-electron chi connectivity index (χ3n) is 4.77. The Balaban J connectivity index is 1.74. The highest BCUT2D eigenvalue weighted by molar-refractivity contribution is 5.87. The predicted molar refractivity (Wildman–Crippen MR) is 107 cm³/mol. The molecule has 0 aliphatic carbocycles. The molecule has 0 bridgehead atoms. The van der Waals surface area contributed by atoms with Crippen LogP contribution in [0.4, 0.5) is 4.39 Å². The van der Waals surface area contributed by atoms with Crippen LogP contribution >= 0.6 is 0 Å². The SMILES string of the molecule is Cc1nnc(-c2cnccn2)n2nc(OCc3ncnn3C)c(-c3ccccc3F)c12. The molecule has 0 aliphatic rings. The van der Waals surface area contributed by atoms with E-state index in [-0.39, 0.29) is 12.5 Å². The highest BCUT2D eigenvalue weighted by atomic mass is 19.1. The molecule has 0 spiro atoms. The third kappa shape index (κ3) is 3.25. The lowest BCUT2D eigenvalue weighted by atomic mass is 10.1. The van der Waals surface area contributed by atoms with Crippen LogP contribution in [0.1, 0.15) is 11.5 Å². The number of halogens is 1. The molecule has 0 fully saturated rings. The number of nitrogens with zero attached hydrogens (tertiary/aromatic N) is 9. The number of hydrogen-bond acceptors (Lipinski definition) is 8. The molecule has 0 aliphatic heterocycles. The number of rotatable bonds is 5. The molecule has 4 aromatic heterocycles. The molecule has 0 N–H and O–H groups in total. The van der Waals surface area contributed by atoms with Crippen molar-refractivity contribution in [3.63, 3.8) is 0 Å². The summed E-state index contributed by atoms with van der Waals surface area (Å²) < 4.78 is 24.0. The number of benzene rings is 1. The second kappa shape index (κ2) is 7.52. The number of aryl methyl sites for hydroxylation is 2. The molecule has 0 saturated heterocycles. The zero-order valence-corrected chi connectivity index (χ0v) is 16.6. The van der Waals surface area contributed by atoms with Crippen molar-refractivity contribution >= 4 is 5.52 Å². The van der Waals surface area contributed by atoms with Crippen molar-refractivity contribution in [2.45, 2.75) is 13.5 Å². The number of fused-ring (bicyclic) bond motifs is 1. The van der Waals surface area contributed by atoms with Crippen molar-refractivity contribution in [3.05, 3.63) is 66.5 Å². The van der Waals surface area contributed by atoms with E-state index in [0.29, 0.717) is 39.7 Å². The van der Waals surface area contributed by atoms with Crippen LogP contribution in [0.3, 0.4) is 0 Å². The lowest BCUT2D eigenvalue weighted by Gasteiger charge is -2.07. The highest BCUT2D eigenvalue weighted by Gasteiger charge is 2.24. The van der Waals surface area contributed by atoms with Gasteiger partial charge in [0.15, 0.2) is 5.82 Å². The van der Waals surface area contributed by atoms with Gasteiger partial charge in [-0.3, -0.25) is 9.67 Å². The number of ether oxygens (including phenoxy) is 1. The zero-order valence-electron chi connectivity index (χ0n) is 16.6. The maximum absolute atomic E-state index is 14.8. The first-order valence-corrected chi connectivity index (χ1v) is 9.36. The summed E-state index contributed by atoms with van der Waals surface area (Å²) in [6.07, 6.45) is 6.11. The summed E-state index contributed by atoms with van der Waals surface area (Å²) in [4.78, 5) is 12.5. The minimum Gasteiger partial charge on any atom is -0.468 e. The van der Waals surface area contributed by atoms with Crippen LogP contribution in [0, 0.1) is 12.7 Å². The van der Waals surface area contributed by atoms with E-state index in [1.807, 2.05) is 0 Å². The predicted octanol–water partition coefficient (Wildman–Crippen LogP) is 2.40. The van der Waals surface area contributed by atoms with Gasteiger partial charge in [0, 0.05) is 25.0 Å². The Kier molecular flexibility index (Phi) is 4.54. The zero-order chi connectivity index (χ0) is 21.4. The van der Waals surface area contributed by atoms with Gasteiger partial charge in [0.25, 0.3) is 0 Å². The Morgan fingerprint density at radius 3 is 2.71 bits per heavy atom. The fraction of sp³-hybridized carbons (Fsp3) is 0.150. The molecule has 154 valence electrons. The summed E-state index contributed by atoms with van der Waals surface area (Å²) in [7, 11) is 1.76. The van der Waals surface area contributed by atoms with E-state index in [0.717, 1.165) is 0 Å². The topological polar surface area (TPSA) is 109 Å². The Morgan fingerprint density at radius 2 is 1.97 bits per heavy atom. The van der Waals surface area contributed by atoms with Gasteiger partial charge in [0.1, 0.15) is 30.0 Å². The smallest absolute Gasteiger partial charge is 0.242 e. The summed E-state index contributed by atoms with van der Waals surface area (Å²) in [5, 5.41) is 17.1. The van der Waals surface area contributed by atoms with Crippen LogP contribution < -0.4 is 4.74 Å². The van der Waals surface area contributed by atoms with E-state index < -0.39 is 5.82 Å². The van der Waals surface area contributed by atoms with Crippen molar-refractivity contribution in [1.29, 1.82) is 0 Å². The summed E-state index contributed by atoms with van der Waals surface area (Å²) >= 11 is 0. The van der Waals surface area contributed by atoms with Crippen molar-refractivity contribution in [2.24, 2.45) is 7.05 Å². The molecule has 0 radical (unpaired) electrons. The molecule has 0 amide bonds. The molecule has 11 heteroatoms. The Bertz CT molecular complexity index is 1380. The fourth-order valence-electron chi connectivity index (χ4n) is 3.26. The lowest BCUT2D eigenvalue weighted by molar-refractivity contribution is 0.278. The van der Waals surface area contributed by atoms with Gasteiger partial charge in [-0.25, -0.2) is 18.9 Å². The first-order chi connectivity index (χ1) is 15.1. The van der Waals surface area contributed by atoms with Crippen molar-refractivity contribution in [1.82, 2.24) is 44.5 Å². The second-order valence-corrected chi connectivity index (χ2v) is 6.71. The molecular weight excluding hydrogens is 401 g/mol. The maximum Gasteiger partial charge on any atom is 0.242 e.